The Balaban J connectivity index is 1.53. The van der Waals surface area contributed by atoms with Crippen LogP contribution in [0.3, 0.4) is 0 Å². The number of amides is 3. The zero-order valence-electron chi connectivity index (χ0n) is 15.8. The van der Waals surface area contributed by atoms with E-state index in [1.165, 1.54) is 16.2 Å². The third-order valence-electron chi connectivity index (χ3n) is 4.78. The Morgan fingerprint density at radius 2 is 1.72 bits per heavy atom. The normalized spacial score (nSPS) is 17.2. The van der Waals surface area contributed by atoms with E-state index < -0.39 is 5.92 Å². The lowest BCUT2D eigenvalue weighted by Gasteiger charge is -2.14. The van der Waals surface area contributed by atoms with Gasteiger partial charge in [0.1, 0.15) is 0 Å². The number of carbonyl (C=O) groups is 3. The van der Waals surface area contributed by atoms with Crippen molar-refractivity contribution in [3.05, 3.63) is 82.1 Å². The van der Waals surface area contributed by atoms with Gasteiger partial charge in [0, 0.05) is 30.1 Å². The van der Waals surface area contributed by atoms with E-state index in [9.17, 15) is 14.4 Å². The quantitative estimate of drug-likeness (QED) is 0.627. The van der Waals surface area contributed by atoms with Crippen LogP contribution in [0, 0.1) is 5.92 Å². The van der Waals surface area contributed by atoms with Gasteiger partial charge in [0.2, 0.25) is 11.8 Å². The van der Waals surface area contributed by atoms with E-state index in [-0.39, 0.29) is 24.1 Å². The van der Waals surface area contributed by atoms with Crippen LogP contribution >= 0.6 is 11.3 Å². The highest BCUT2D eigenvalue weighted by molar-refractivity contribution is 7.09. The third kappa shape index (κ3) is 3.95. The van der Waals surface area contributed by atoms with Gasteiger partial charge in [-0.1, -0.05) is 36.4 Å². The Morgan fingerprint density at radius 1 is 1.07 bits per heavy atom. The Bertz CT molecular complexity index is 1130. The van der Waals surface area contributed by atoms with Gasteiger partial charge >= 0.3 is 0 Å². The van der Waals surface area contributed by atoms with Gasteiger partial charge in [-0.05, 0) is 30.7 Å². The molecular formula is C22H19N3O3S. The lowest BCUT2D eigenvalue weighted by atomic mass is 10.0. The van der Waals surface area contributed by atoms with E-state index in [2.05, 4.69) is 4.99 Å². The van der Waals surface area contributed by atoms with E-state index in [4.69, 9.17) is 0 Å². The second-order valence-corrected chi connectivity index (χ2v) is 7.98. The minimum absolute atomic E-state index is 0.184. The Labute approximate surface area is 171 Å². The topological polar surface area (TPSA) is 71.7 Å². The van der Waals surface area contributed by atoms with Crippen LogP contribution in [-0.4, -0.2) is 22.3 Å². The third-order valence-corrected chi connectivity index (χ3v) is 5.88. The molecule has 1 aromatic heterocycles. The minimum Gasteiger partial charge on any atom is -0.326 e. The summed E-state index contributed by atoms with van der Waals surface area (Å²) >= 11 is 1.36. The molecule has 1 aliphatic rings. The first kappa shape index (κ1) is 19.0. The van der Waals surface area contributed by atoms with Gasteiger partial charge in [0.05, 0.1) is 11.6 Å². The molecule has 1 fully saturated rings. The van der Waals surface area contributed by atoms with Crippen LogP contribution in [0.1, 0.15) is 21.7 Å². The van der Waals surface area contributed by atoms with Crippen LogP contribution in [0.5, 0.6) is 0 Å². The summed E-state index contributed by atoms with van der Waals surface area (Å²) in [6.07, 6.45) is 2.50. The molecule has 0 radical (unpaired) electrons. The number of aromatic nitrogens is 1. The minimum atomic E-state index is -0.404. The van der Waals surface area contributed by atoms with Gasteiger partial charge in [0.25, 0.3) is 5.91 Å². The molecule has 1 saturated heterocycles. The molecule has 0 spiro atoms. The standard InChI is InChI=1S/C22H19N3O3S/c1-24-14-18(29-22(24)23-20(27)15-8-4-2-5-9-15)12-16-13-19(26)25(21(16)28)17-10-6-3-7-11-17/h2-11,14,16H,12-13H2,1H3. The van der Waals surface area contributed by atoms with Crippen LogP contribution in [0.25, 0.3) is 0 Å². The number of hydrogen-bond donors (Lipinski definition) is 0. The molecule has 146 valence electrons. The Morgan fingerprint density at radius 3 is 2.41 bits per heavy atom. The monoisotopic (exact) mass is 405 g/mol. The lowest BCUT2D eigenvalue weighted by molar-refractivity contribution is -0.122. The van der Waals surface area contributed by atoms with Crippen molar-refractivity contribution < 1.29 is 14.4 Å². The van der Waals surface area contributed by atoms with Crippen molar-refractivity contribution in [3.8, 4) is 0 Å². The van der Waals surface area contributed by atoms with Crippen molar-refractivity contribution in [3.63, 3.8) is 0 Å². The number of anilines is 1. The lowest BCUT2D eigenvalue weighted by Crippen LogP contribution is -2.30. The molecule has 1 atom stereocenters. The highest BCUT2D eigenvalue weighted by atomic mass is 32.1. The maximum Gasteiger partial charge on any atom is 0.279 e. The summed E-state index contributed by atoms with van der Waals surface area (Å²) in [6, 6.07) is 17.9. The fourth-order valence-electron chi connectivity index (χ4n) is 3.36. The number of nitrogens with zero attached hydrogens (tertiary/aromatic N) is 3. The summed E-state index contributed by atoms with van der Waals surface area (Å²) in [7, 11) is 1.81. The maximum absolute atomic E-state index is 12.8. The van der Waals surface area contributed by atoms with Crippen molar-refractivity contribution >= 4 is 34.7 Å². The molecule has 0 N–H and O–H groups in total. The summed E-state index contributed by atoms with van der Waals surface area (Å²) in [5.74, 6) is -1.08. The Hall–Kier alpha value is -3.32. The number of benzene rings is 2. The van der Waals surface area contributed by atoms with Gasteiger partial charge in [0.15, 0.2) is 4.80 Å². The Kier molecular flexibility index (Phi) is 5.22. The molecule has 2 aromatic carbocycles. The molecule has 0 bridgehead atoms. The SMILES string of the molecule is Cn1cc(CC2CC(=O)N(c3ccccc3)C2=O)sc1=NC(=O)c1ccccc1. The van der Waals surface area contributed by atoms with E-state index in [0.717, 1.165) is 4.88 Å². The average Bonchev–Trinajstić information content (AvgIpc) is 3.21. The summed E-state index contributed by atoms with van der Waals surface area (Å²) < 4.78 is 1.77. The van der Waals surface area contributed by atoms with Crippen molar-refractivity contribution in [1.82, 2.24) is 4.57 Å². The number of imide groups is 1. The second-order valence-electron chi connectivity index (χ2n) is 6.88. The van der Waals surface area contributed by atoms with Crippen LogP contribution in [0.4, 0.5) is 5.69 Å². The average molecular weight is 405 g/mol. The zero-order valence-corrected chi connectivity index (χ0v) is 16.6. The highest BCUT2D eigenvalue weighted by Crippen LogP contribution is 2.29. The number of carbonyl (C=O) groups excluding carboxylic acids is 3. The first-order chi connectivity index (χ1) is 14.0. The molecule has 29 heavy (non-hydrogen) atoms. The summed E-state index contributed by atoms with van der Waals surface area (Å²) in [6.45, 7) is 0. The number of hydrogen-bond acceptors (Lipinski definition) is 4. The van der Waals surface area contributed by atoms with Crippen LogP contribution < -0.4 is 9.70 Å². The smallest absolute Gasteiger partial charge is 0.279 e. The molecule has 3 aromatic rings. The molecule has 7 heteroatoms. The van der Waals surface area contributed by atoms with Gasteiger partial charge in [-0.15, -0.1) is 11.3 Å². The van der Waals surface area contributed by atoms with Gasteiger partial charge in [-0.2, -0.15) is 4.99 Å². The van der Waals surface area contributed by atoms with E-state index >= 15 is 0 Å². The van der Waals surface area contributed by atoms with Gasteiger partial charge in [-0.25, -0.2) is 0 Å². The summed E-state index contributed by atoms with van der Waals surface area (Å²) in [5.41, 5.74) is 1.13. The van der Waals surface area contributed by atoms with Crippen molar-refractivity contribution in [2.24, 2.45) is 18.0 Å². The van der Waals surface area contributed by atoms with E-state index in [0.29, 0.717) is 22.5 Å². The molecule has 2 heterocycles. The highest BCUT2D eigenvalue weighted by Gasteiger charge is 2.39. The van der Waals surface area contributed by atoms with E-state index in [1.807, 2.05) is 25.4 Å². The van der Waals surface area contributed by atoms with Gasteiger partial charge < -0.3 is 4.57 Å². The van der Waals surface area contributed by atoms with Crippen molar-refractivity contribution in [2.75, 3.05) is 4.90 Å². The first-order valence-corrected chi connectivity index (χ1v) is 10.1. The maximum atomic E-state index is 12.8. The molecule has 1 aliphatic heterocycles. The zero-order chi connectivity index (χ0) is 20.4. The molecule has 1 unspecified atom stereocenters. The second kappa shape index (κ2) is 7.97. The van der Waals surface area contributed by atoms with Gasteiger partial charge in [-0.3, -0.25) is 19.3 Å². The molecule has 4 rings (SSSR count). The fourth-order valence-corrected chi connectivity index (χ4v) is 4.42. The molecule has 0 saturated carbocycles. The van der Waals surface area contributed by atoms with E-state index in [1.54, 1.807) is 53.1 Å². The number of aryl methyl sites for hydroxylation is 1. The molecule has 0 aliphatic carbocycles. The predicted octanol–water partition coefficient (Wildman–Crippen LogP) is 2.95. The molecule has 3 amide bonds. The summed E-state index contributed by atoms with van der Waals surface area (Å²) in [4.78, 5) is 44.5. The number of thiazole rings is 1. The molecule has 6 nitrogen and oxygen atoms in total. The van der Waals surface area contributed by atoms with Crippen molar-refractivity contribution in [2.45, 2.75) is 12.8 Å². The first-order valence-electron chi connectivity index (χ1n) is 9.24. The number of para-hydroxylation sites is 1. The largest absolute Gasteiger partial charge is 0.326 e. The predicted molar refractivity (Wildman–Crippen MR) is 110 cm³/mol. The number of rotatable bonds is 4. The van der Waals surface area contributed by atoms with Crippen molar-refractivity contribution in [1.29, 1.82) is 0 Å². The summed E-state index contributed by atoms with van der Waals surface area (Å²) in [5, 5.41) is 0. The van der Waals surface area contributed by atoms with Crippen LogP contribution in [-0.2, 0) is 23.1 Å². The fraction of sp³-hybridized carbons (Fsp3) is 0.182. The molecular weight excluding hydrogens is 386 g/mol. The van der Waals surface area contributed by atoms with Crippen LogP contribution in [0.15, 0.2) is 71.9 Å². The van der Waals surface area contributed by atoms with Crippen LogP contribution in [0.2, 0.25) is 0 Å².